The van der Waals surface area contributed by atoms with Gasteiger partial charge in [0.15, 0.2) is 6.61 Å². The average molecular weight is 430 g/mol. The van der Waals surface area contributed by atoms with Crippen molar-refractivity contribution in [2.75, 3.05) is 19.7 Å². The molecular weight excluding hydrogens is 402 g/mol. The number of hydrogen-bond acceptors (Lipinski definition) is 4. The molecule has 1 saturated heterocycles. The lowest BCUT2D eigenvalue weighted by atomic mass is 9.94. The molecule has 1 atom stereocenters. The summed E-state index contributed by atoms with van der Waals surface area (Å²) in [6, 6.07) is 17.1. The van der Waals surface area contributed by atoms with Crippen LogP contribution in [-0.4, -0.2) is 47.4 Å². The van der Waals surface area contributed by atoms with Crippen LogP contribution in [0.5, 0.6) is 5.75 Å². The number of benzene rings is 2. The molecule has 1 aliphatic heterocycles. The Balaban J connectivity index is 1.54. The number of carbonyl (C=O) groups excluding carboxylic acids is 2. The minimum absolute atomic E-state index is 0.0975. The molecule has 2 heterocycles. The number of rotatable bonds is 6. The molecule has 0 spiro atoms. The molecule has 1 aromatic heterocycles. The summed E-state index contributed by atoms with van der Waals surface area (Å²) in [6.45, 7) is 4.72. The number of aromatic nitrogens is 1. The van der Waals surface area contributed by atoms with E-state index < -0.39 is 6.04 Å². The molecule has 1 N–H and O–H groups in total. The van der Waals surface area contributed by atoms with Crippen molar-refractivity contribution in [3.8, 4) is 16.9 Å². The van der Waals surface area contributed by atoms with E-state index in [4.69, 9.17) is 4.74 Å². The third-order valence-electron chi connectivity index (χ3n) is 5.80. The number of ether oxygens (including phenoxy) is 1. The quantitative estimate of drug-likeness (QED) is 0.653. The van der Waals surface area contributed by atoms with Crippen molar-refractivity contribution >= 4 is 11.8 Å². The van der Waals surface area contributed by atoms with Gasteiger partial charge in [-0.2, -0.15) is 0 Å². The first kappa shape index (κ1) is 21.6. The summed E-state index contributed by atoms with van der Waals surface area (Å²) in [6.07, 6.45) is 3.96. The highest BCUT2D eigenvalue weighted by Gasteiger charge is 2.33. The van der Waals surface area contributed by atoms with E-state index >= 15 is 0 Å². The Morgan fingerprint density at radius 2 is 1.88 bits per heavy atom. The molecular formula is C26H27N3O3. The Kier molecular flexibility index (Phi) is 6.50. The fourth-order valence-electron chi connectivity index (χ4n) is 4.17. The molecule has 32 heavy (non-hydrogen) atoms. The fourth-order valence-corrected chi connectivity index (χ4v) is 4.17. The number of amides is 2. The van der Waals surface area contributed by atoms with E-state index in [0.29, 0.717) is 19.5 Å². The van der Waals surface area contributed by atoms with Gasteiger partial charge in [0.2, 0.25) is 5.91 Å². The van der Waals surface area contributed by atoms with Crippen molar-refractivity contribution in [3.63, 3.8) is 0 Å². The maximum Gasteiger partial charge on any atom is 0.261 e. The average Bonchev–Trinajstić information content (AvgIpc) is 2.81. The Bertz CT molecular complexity index is 1090. The molecule has 2 aromatic carbocycles. The molecule has 6 nitrogen and oxygen atoms in total. The van der Waals surface area contributed by atoms with Crippen molar-refractivity contribution in [3.05, 3.63) is 83.7 Å². The second kappa shape index (κ2) is 9.64. The minimum atomic E-state index is -0.587. The molecule has 0 bridgehead atoms. The van der Waals surface area contributed by atoms with Crippen LogP contribution in [0.2, 0.25) is 0 Å². The van der Waals surface area contributed by atoms with E-state index in [9.17, 15) is 9.59 Å². The van der Waals surface area contributed by atoms with Crippen LogP contribution in [0.1, 0.15) is 16.7 Å². The van der Waals surface area contributed by atoms with Gasteiger partial charge < -0.3 is 15.0 Å². The van der Waals surface area contributed by atoms with Gasteiger partial charge in [0.05, 0.1) is 0 Å². The minimum Gasteiger partial charge on any atom is -0.483 e. The smallest absolute Gasteiger partial charge is 0.261 e. The fraction of sp³-hybridized carbons (Fsp3) is 0.269. The van der Waals surface area contributed by atoms with Crippen molar-refractivity contribution in [2.24, 2.45) is 0 Å². The zero-order chi connectivity index (χ0) is 22.5. The number of hydrogen-bond donors (Lipinski definition) is 1. The summed E-state index contributed by atoms with van der Waals surface area (Å²) in [7, 11) is 0. The van der Waals surface area contributed by atoms with Gasteiger partial charge in [0.1, 0.15) is 11.8 Å². The van der Waals surface area contributed by atoms with Crippen LogP contribution in [-0.2, 0) is 16.0 Å². The highest BCUT2D eigenvalue weighted by molar-refractivity contribution is 5.90. The molecule has 4 rings (SSSR count). The molecule has 164 valence electrons. The summed E-state index contributed by atoms with van der Waals surface area (Å²) in [4.78, 5) is 31.8. The first-order chi connectivity index (χ1) is 15.5. The second-order valence-electron chi connectivity index (χ2n) is 8.01. The van der Waals surface area contributed by atoms with Crippen LogP contribution in [0.15, 0.2) is 67.0 Å². The van der Waals surface area contributed by atoms with Gasteiger partial charge in [0, 0.05) is 37.5 Å². The molecule has 6 heteroatoms. The predicted molar refractivity (Wildman–Crippen MR) is 123 cm³/mol. The van der Waals surface area contributed by atoms with Crippen molar-refractivity contribution in [1.29, 1.82) is 0 Å². The van der Waals surface area contributed by atoms with E-state index in [2.05, 4.69) is 10.3 Å². The van der Waals surface area contributed by atoms with Crippen LogP contribution in [0.25, 0.3) is 11.1 Å². The van der Waals surface area contributed by atoms with E-state index in [-0.39, 0.29) is 18.4 Å². The maximum atomic E-state index is 13.1. The van der Waals surface area contributed by atoms with Gasteiger partial charge in [-0.25, -0.2) is 0 Å². The largest absolute Gasteiger partial charge is 0.483 e. The zero-order valence-electron chi connectivity index (χ0n) is 18.4. The third kappa shape index (κ3) is 4.64. The highest BCUT2D eigenvalue weighted by atomic mass is 16.5. The Morgan fingerprint density at radius 1 is 1.09 bits per heavy atom. The lowest BCUT2D eigenvalue weighted by Gasteiger charge is -2.35. The highest BCUT2D eigenvalue weighted by Crippen LogP contribution is 2.26. The summed E-state index contributed by atoms with van der Waals surface area (Å²) in [5.41, 5.74) is 4.96. The summed E-state index contributed by atoms with van der Waals surface area (Å²) in [5, 5.41) is 2.90. The van der Waals surface area contributed by atoms with Crippen LogP contribution in [0, 0.1) is 13.8 Å². The van der Waals surface area contributed by atoms with Crippen molar-refractivity contribution in [1.82, 2.24) is 15.2 Å². The standard InChI is InChI=1S/C26H27N3O3/c1-18-7-5-8-19(2)25(18)32-17-24(30)29-14-13-28-26(31)23(29)15-20-9-3-4-11-22(20)21-10-6-12-27-16-21/h3-12,16,23H,13-15,17H2,1-2H3,(H,28,31). The Morgan fingerprint density at radius 3 is 2.62 bits per heavy atom. The lowest BCUT2D eigenvalue weighted by Crippen LogP contribution is -2.58. The third-order valence-corrected chi connectivity index (χ3v) is 5.80. The van der Waals surface area contributed by atoms with Crippen LogP contribution >= 0.6 is 0 Å². The first-order valence-corrected chi connectivity index (χ1v) is 10.8. The van der Waals surface area contributed by atoms with Crippen LogP contribution < -0.4 is 10.1 Å². The van der Waals surface area contributed by atoms with E-state index in [1.807, 2.05) is 68.4 Å². The Hall–Kier alpha value is -3.67. The number of carbonyl (C=O) groups is 2. The van der Waals surface area contributed by atoms with Gasteiger partial charge in [0.25, 0.3) is 5.91 Å². The molecule has 2 amide bonds. The molecule has 1 fully saturated rings. The van der Waals surface area contributed by atoms with Gasteiger partial charge in [-0.1, -0.05) is 48.5 Å². The van der Waals surface area contributed by atoms with Crippen molar-refractivity contribution < 1.29 is 14.3 Å². The van der Waals surface area contributed by atoms with Crippen LogP contribution in [0.4, 0.5) is 0 Å². The first-order valence-electron chi connectivity index (χ1n) is 10.8. The number of nitrogens with one attached hydrogen (secondary N) is 1. The predicted octanol–water partition coefficient (Wildman–Crippen LogP) is 3.31. The molecule has 0 radical (unpaired) electrons. The molecule has 3 aromatic rings. The van der Waals surface area contributed by atoms with E-state index in [1.54, 1.807) is 17.3 Å². The molecule has 1 aliphatic rings. The van der Waals surface area contributed by atoms with Gasteiger partial charge in [-0.3, -0.25) is 14.6 Å². The van der Waals surface area contributed by atoms with E-state index in [1.165, 1.54) is 0 Å². The molecule has 0 aliphatic carbocycles. The normalized spacial score (nSPS) is 15.9. The number of aryl methyl sites for hydroxylation is 2. The number of para-hydroxylation sites is 1. The lowest BCUT2D eigenvalue weighted by molar-refractivity contribution is -0.144. The topological polar surface area (TPSA) is 71.5 Å². The van der Waals surface area contributed by atoms with Crippen molar-refractivity contribution in [2.45, 2.75) is 26.3 Å². The zero-order valence-corrected chi connectivity index (χ0v) is 18.4. The van der Waals surface area contributed by atoms with Gasteiger partial charge in [-0.05, 0) is 42.2 Å². The number of piperazine rings is 1. The monoisotopic (exact) mass is 429 g/mol. The summed E-state index contributed by atoms with van der Waals surface area (Å²) < 4.78 is 5.88. The van der Waals surface area contributed by atoms with Gasteiger partial charge in [-0.15, -0.1) is 0 Å². The second-order valence-corrected chi connectivity index (χ2v) is 8.01. The van der Waals surface area contributed by atoms with E-state index in [0.717, 1.165) is 33.6 Å². The summed E-state index contributed by atoms with van der Waals surface area (Å²) in [5.74, 6) is 0.393. The SMILES string of the molecule is Cc1cccc(C)c1OCC(=O)N1CCNC(=O)C1Cc1ccccc1-c1cccnc1. The Labute approximate surface area is 188 Å². The molecule has 0 saturated carbocycles. The molecule has 1 unspecified atom stereocenters. The maximum absolute atomic E-state index is 13.1. The number of nitrogens with zero attached hydrogens (tertiary/aromatic N) is 2. The van der Waals surface area contributed by atoms with Crippen LogP contribution in [0.3, 0.4) is 0 Å². The summed E-state index contributed by atoms with van der Waals surface area (Å²) >= 11 is 0. The number of pyridine rings is 1. The van der Waals surface area contributed by atoms with Gasteiger partial charge >= 0.3 is 0 Å².